The lowest BCUT2D eigenvalue weighted by Gasteiger charge is -2.31. The van der Waals surface area contributed by atoms with E-state index in [1.54, 1.807) is 7.11 Å². The fraction of sp³-hybridized carbons (Fsp3) is 0.500. The van der Waals surface area contributed by atoms with Crippen LogP contribution < -0.4 is 9.64 Å². The number of phenols is 1. The molecular formula is C24H32N2O2S2. The Labute approximate surface area is 189 Å². The lowest BCUT2D eigenvalue weighted by Crippen LogP contribution is -2.31. The summed E-state index contributed by atoms with van der Waals surface area (Å²) in [5.41, 5.74) is 4.90. The zero-order valence-electron chi connectivity index (χ0n) is 18.0. The quantitative estimate of drug-likeness (QED) is 0.607. The van der Waals surface area contributed by atoms with E-state index >= 15 is 0 Å². The van der Waals surface area contributed by atoms with Crippen LogP contribution in [-0.4, -0.2) is 48.8 Å². The summed E-state index contributed by atoms with van der Waals surface area (Å²) in [7, 11) is 3.76. The van der Waals surface area contributed by atoms with E-state index in [0.29, 0.717) is 16.9 Å². The first-order valence-corrected chi connectivity index (χ1v) is 12.9. The number of aromatic hydroxyl groups is 1. The molecule has 2 aliphatic heterocycles. The molecule has 0 aromatic heterocycles. The smallest absolute Gasteiger partial charge is 0.162 e. The summed E-state index contributed by atoms with van der Waals surface area (Å²) in [6.07, 6.45) is 3.90. The van der Waals surface area contributed by atoms with Crippen molar-refractivity contribution in [1.29, 1.82) is 0 Å². The molecule has 6 heteroatoms. The van der Waals surface area contributed by atoms with E-state index in [9.17, 15) is 5.11 Å². The Morgan fingerprint density at radius 1 is 1.03 bits per heavy atom. The van der Waals surface area contributed by atoms with E-state index in [-0.39, 0.29) is 5.75 Å². The average molecular weight is 445 g/mol. The van der Waals surface area contributed by atoms with Crippen molar-refractivity contribution in [3.63, 3.8) is 0 Å². The maximum atomic E-state index is 10.8. The summed E-state index contributed by atoms with van der Waals surface area (Å²) < 4.78 is 5.92. The molecule has 2 aromatic carbocycles. The highest BCUT2D eigenvalue weighted by Gasteiger charge is 2.22. The van der Waals surface area contributed by atoms with Crippen molar-refractivity contribution in [2.75, 3.05) is 43.7 Å². The zero-order valence-corrected chi connectivity index (χ0v) is 19.6. The summed E-state index contributed by atoms with van der Waals surface area (Å²) in [4.78, 5) is 4.82. The number of anilines is 1. The molecule has 2 fully saturated rings. The Balaban J connectivity index is 1.52. The fourth-order valence-corrected chi connectivity index (χ4v) is 7.19. The summed E-state index contributed by atoms with van der Waals surface area (Å²) >= 11 is 3.95. The minimum atomic E-state index is 0.269. The SMILES string of the molecule is COc1cc(C2SCCS2)cc(CN(C)Cc2ccccc2N2CCCCC2)c1O. The van der Waals surface area contributed by atoms with Gasteiger partial charge in [-0.25, -0.2) is 0 Å². The minimum Gasteiger partial charge on any atom is -0.504 e. The van der Waals surface area contributed by atoms with Gasteiger partial charge in [0, 0.05) is 48.9 Å². The second kappa shape index (κ2) is 10.2. The van der Waals surface area contributed by atoms with Gasteiger partial charge in [-0.1, -0.05) is 18.2 Å². The van der Waals surface area contributed by atoms with Crippen LogP contribution in [0.15, 0.2) is 36.4 Å². The Bertz CT molecular complexity index is 849. The first-order valence-electron chi connectivity index (χ1n) is 10.8. The molecule has 2 heterocycles. The number of rotatable bonds is 7. The van der Waals surface area contributed by atoms with Crippen molar-refractivity contribution < 1.29 is 9.84 Å². The van der Waals surface area contributed by atoms with Crippen molar-refractivity contribution in [2.24, 2.45) is 0 Å². The first-order chi connectivity index (χ1) is 14.7. The van der Waals surface area contributed by atoms with Gasteiger partial charge in [-0.15, -0.1) is 23.5 Å². The van der Waals surface area contributed by atoms with E-state index in [1.807, 2.05) is 29.6 Å². The van der Waals surface area contributed by atoms with Crippen LogP contribution in [0.3, 0.4) is 0 Å². The van der Waals surface area contributed by atoms with Crippen LogP contribution in [0.2, 0.25) is 0 Å². The van der Waals surface area contributed by atoms with Crippen molar-refractivity contribution >= 4 is 29.2 Å². The van der Waals surface area contributed by atoms with Crippen LogP contribution in [0.4, 0.5) is 5.69 Å². The molecule has 0 aliphatic carbocycles. The Kier molecular flexibility index (Phi) is 7.39. The maximum absolute atomic E-state index is 10.8. The molecule has 4 nitrogen and oxygen atoms in total. The third-order valence-electron chi connectivity index (χ3n) is 5.86. The number of para-hydroxylation sites is 1. The van der Waals surface area contributed by atoms with Gasteiger partial charge in [0.15, 0.2) is 11.5 Å². The van der Waals surface area contributed by atoms with Crippen LogP contribution >= 0.6 is 23.5 Å². The molecule has 2 saturated heterocycles. The molecule has 4 rings (SSSR count). The predicted octanol–water partition coefficient (Wildman–Crippen LogP) is 5.50. The van der Waals surface area contributed by atoms with Gasteiger partial charge in [-0.3, -0.25) is 4.90 Å². The molecule has 1 N–H and O–H groups in total. The van der Waals surface area contributed by atoms with Crippen LogP contribution in [0, 0.1) is 0 Å². The van der Waals surface area contributed by atoms with Crippen LogP contribution in [0.1, 0.15) is 40.5 Å². The molecule has 0 saturated carbocycles. The highest BCUT2D eigenvalue weighted by molar-refractivity contribution is 8.19. The van der Waals surface area contributed by atoms with Crippen LogP contribution in [0.5, 0.6) is 11.5 Å². The second-order valence-electron chi connectivity index (χ2n) is 8.15. The third-order valence-corrected chi connectivity index (χ3v) is 8.96. The zero-order chi connectivity index (χ0) is 20.9. The van der Waals surface area contributed by atoms with Crippen molar-refractivity contribution in [2.45, 2.75) is 36.9 Å². The first kappa shape index (κ1) is 21.7. The molecule has 2 aliphatic rings. The number of hydrogen-bond donors (Lipinski definition) is 1. The number of nitrogens with zero attached hydrogens (tertiary/aromatic N) is 2. The monoisotopic (exact) mass is 444 g/mol. The molecule has 2 aromatic rings. The largest absolute Gasteiger partial charge is 0.504 e. The molecule has 0 bridgehead atoms. The fourth-order valence-electron chi connectivity index (χ4n) is 4.38. The number of methoxy groups -OCH3 is 1. The molecule has 0 atom stereocenters. The topological polar surface area (TPSA) is 35.9 Å². The molecule has 0 amide bonds. The van der Waals surface area contributed by atoms with E-state index in [2.05, 4.69) is 47.2 Å². The van der Waals surface area contributed by atoms with Gasteiger partial charge < -0.3 is 14.7 Å². The van der Waals surface area contributed by atoms with Gasteiger partial charge in [-0.05, 0) is 55.6 Å². The highest BCUT2D eigenvalue weighted by atomic mass is 32.2. The van der Waals surface area contributed by atoms with E-state index in [1.165, 1.54) is 47.6 Å². The van der Waals surface area contributed by atoms with E-state index in [4.69, 9.17) is 4.74 Å². The van der Waals surface area contributed by atoms with Crippen LogP contribution in [0.25, 0.3) is 0 Å². The summed E-state index contributed by atoms with van der Waals surface area (Å²) in [5, 5.41) is 10.8. The van der Waals surface area contributed by atoms with Gasteiger partial charge in [0.2, 0.25) is 0 Å². The van der Waals surface area contributed by atoms with Gasteiger partial charge in [-0.2, -0.15) is 0 Å². The minimum absolute atomic E-state index is 0.269. The van der Waals surface area contributed by atoms with Crippen molar-refractivity contribution in [3.8, 4) is 11.5 Å². The lowest BCUT2D eigenvalue weighted by atomic mass is 10.1. The molecule has 162 valence electrons. The number of piperidine rings is 1. The summed E-state index contributed by atoms with van der Waals surface area (Å²) in [5.74, 6) is 3.21. The Morgan fingerprint density at radius 2 is 1.73 bits per heavy atom. The van der Waals surface area contributed by atoms with Crippen molar-refractivity contribution in [3.05, 3.63) is 53.1 Å². The number of hydrogen-bond acceptors (Lipinski definition) is 6. The van der Waals surface area contributed by atoms with Gasteiger partial charge >= 0.3 is 0 Å². The third kappa shape index (κ3) is 5.04. The number of phenolic OH excluding ortho intramolecular Hbond substituents is 1. The number of ether oxygens (including phenoxy) is 1. The van der Waals surface area contributed by atoms with Gasteiger partial charge in [0.1, 0.15) is 0 Å². The molecule has 30 heavy (non-hydrogen) atoms. The average Bonchev–Trinajstić information content (AvgIpc) is 3.31. The van der Waals surface area contributed by atoms with Gasteiger partial charge in [0.05, 0.1) is 11.7 Å². The highest BCUT2D eigenvalue weighted by Crippen LogP contribution is 2.47. The lowest BCUT2D eigenvalue weighted by molar-refractivity contribution is 0.307. The molecule has 0 spiro atoms. The Hall–Kier alpha value is -1.50. The molecule has 0 unspecified atom stereocenters. The standard InChI is InChI=1S/C24H32N2O2S2/c1-25(16-18-8-4-5-9-21(18)26-10-6-3-7-11-26)17-20-14-19(24-29-12-13-30-24)15-22(28-2)23(20)27/h4-5,8-9,14-15,24,27H,3,6-7,10-13,16-17H2,1-2H3. The normalized spacial score (nSPS) is 17.6. The van der Waals surface area contributed by atoms with Crippen LogP contribution in [-0.2, 0) is 13.1 Å². The Morgan fingerprint density at radius 3 is 2.47 bits per heavy atom. The number of thioether (sulfide) groups is 2. The summed E-state index contributed by atoms with van der Waals surface area (Å²) in [6, 6.07) is 12.9. The van der Waals surface area contributed by atoms with Gasteiger partial charge in [0.25, 0.3) is 0 Å². The summed E-state index contributed by atoms with van der Waals surface area (Å²) in [6.45, 7) is 3.84. The van der Waals surface area contributed by atoms with E-state index < -0.39 is 0 Å². The maximum Gasteiger partial charge on any atom is 0.162 e. The van der Waals surface area contributed by atoms with E-state index in [0.717, 1.165) is 25.2 Å². The molecule has 0 radical (unpaired) electrons. The molecular weight excluding hydrogens is 412 g/mol. The predicted molar refractivity (Wildman–Crippen MR) is 130 cm³/mol. The second-order valence-corrected chi connectivity index (χ2v) is 10.9. The van der Waals surface area contributed by atoms with Crippen molar-refractivity contribution in [1.82, 2.24) is 4.90 Å². The number of benzene rings is 2.